The molecule has 0 amide bonds. The van der Waals surface area contributed by atoms with E-state index in [9.17, 15) is 5.11 Å². The predicted octanol–water partition coefficient (Wildman–Crippen LogP) is 2.41. The smallest absolute Gasteiger partial charge is 0.225 e. The van der Waals surface area contributed by atoms with Gasteiger partial charge in [-0.1, -0.05) is 18.6 Å². The van der Waals surface area contributed by atoms with Crippen LogP contribution in [-0.4, -0.2) is 83.4 Å². The SMILES string of the molecule is CN(Cc1cccc(OCCN2CCCCC2)c1)C[C@]1(O)CCN(c2ncccn2)C1. The number of hydrogen-bond acceptors (Lipinski definition) is 7. The van der Waals surface area contributed by atoms with E-state index in [4.69, 9.17) is 4.74 Å². The van der Waals surface area contributed by atoms with Gasteiger partial charge in [0.2, 0.25) is 5.95 Å². The van der Waals surface area contributed by atoms with Gasteiger partial charge in [-0.2, -0.15) is 0 Å². The van der Waals surface area contributed by atoms with Crippen molar-refractivity contribution in [3.8, 4) is 5.75 Å². The van der Waals surface area contributed by atoms with Gasteiger partial charge in [-0.05, 0) is 63.2 Å². The van der Waals surface area contributed by atoms with Gasteiger partial charge in [-0.3, -0.25) is 9.80 Å². The van der Waals surface area contributed by atoms with Gasteiger partial charge in [-0.25, -0.2) is 9.97 Å². The fraction of sp³-hybridized carbons (Fsp3) is 0.583. The van der Waals surface area contributed by atoms with E-state index in [1.807, 2.05) is 12.1 Å². The maximum atomic E-state index is 11.1. The lowest BCUT2D eigenvalue weighted by Gasteiger charge is -2.29. The summed E-state index contributed by atoms with van der Waals surface area (Å²) < 4.78 is 6.02. The van der Waals surface area contributed by atoms with E-state index in [0.29, 0.717) is 19.0 Å². The van der Waals surface area contributed by atoms with E-state index >= 15 is 0 Å². The summed E-state index contributed by atoms with van der Waals surface area (Å²) in [5.41, 5.74) is 0.444. The number of ether oxygens (including phenoxy) is 1. The molecule has 1 aromatic heterocycles. The number of anilines is 1. The quantitative estimate of drug-likeness (QED) is 0.662. The monoisotopic (exact) mass is 425 g/mol. The molecule has 1 aromatic carbocycles. The predicted molar refractivity (Wildman–Crippen MR) is 122 cm³/mol. The molecule has 2 saturated heterocycles. The lowest BCUT2D eigenvalue weighted by atomic mass is 10.0. The summed E-state index contributed by atoms with van der Waals surface area (Å²) in [6.45, 7) is 6.84. The summed E-state index contributed by atoms with van der Waals surface area (Å²) >= 11 is 0. The van der Waals surface area contributed by atoms with E-state index in [1.165, 1.54) is 37.9 Å². The van der Waals surface area contributed by atoms with Crippen LogP contribution in [-0.2, 0) is 6.54 Å². The van der Waals surface area contributed by atoms with E-state index in [-0.39, 0.29) is 0 Å². The third-order valence-electron chi connectivity index (χ3n) is 6.21. The minimum Gasteiger partial charge on any atom is -0.492 e. The molecule has 2 aliphatic rings. The summed E-state index contributed by atoms with van der Waals surface area (Å²) in [7, 11) is 2.06. The van der Waals surface area contributed by atoms with Crippen LogP contribution in [0, 0.1) is 0 Å². The maximum absolute atomic E-state index is 11.1. The average molecular weight is 426 g/mol. The van der Waals surface area contributed by atoms with Crippen molar-refractivity contribution in [3.05, 3.63) is 48.3 Å². The molecular weight excluding hydrogens is 390 g/mol. The molecule has 2 fully saturated rings. The zero-order valence-electron chi connectivity index (χ0n) is 18.6. The Morgan fingerprint density at radius 1 is 1.10 bits per heavy atom. The highest BCUT2D eigenvalue weighted by Crippen LogP contribution is 2.25. The summed E-state index contributed by atoms with van der Waals surface area (Å²) in [5.74, 6) is 1.62. The molecule has 31 heavy (non-hydrogen) atoms. The first-order valence-corrected chi connectivity index (χ1v) is 11.5. The van der Waals surface area contributed by atoms with Crippen LogP contribution in [0.4, 0.5) is 5.95 Å². The summed E-state index contributed by atoms with van der Waals surface area (Å²) in [5, 5.41) is 11.1. The van der Waals surface area contributed by atoms with Crippen molar-refractivity contribution in [1.82, 2.24) is 19.8 Å². The zero-order valence-corrected chi connectivity index (χ0v) is 18.6. The largest absolute Gasteiger partial charge is 0.492 e. The number of piperidine rings is 1. The molecule has 0 radical (unpaired) electrons. The summed E-state index contributed by atoms with van der Waals surface area (Å²) in [6.07, 6.45) is 8.19. The van der Waals surface area contributed by atoms with Crippen LogP contribution < -0.4 is 9.64 Å². The normalized spacial score (nSPS) is 22.2. The average Bonchev–Trinajstić information content (AvgIpc) is 3.17. The molecule has 0 aliphatic carbocycles. The van der Waals surface area contributed by atoms with Crippen molar-refractivity contribution >= 4 is 5.95 Å². The molecule has 2 aliphatic heterocycles. The number of benzene rings is 1. The molecule has 2 aromatic rings. The highest BCUT2D eigenvalue weighted by molar-refractivity contribution is 5.32. The maximum Gasteiger partial charge on any atom is 0.225 e. The second-order valence-corrected chi connectivity index (χ2v) is 9.02. The van der Waals surface area contributed by atoms with Crippen LogP contribution in [0.15, 0.2) is 42.7 Å². The molecule has 3 heterocycles. The molecule has 0 bridgehead atoms. The van der Waals surface area contributed by atoms with Crippen LogP contribution in [0.5, 0.6) is 5.75 Å². The molecule has 7 heteroatoms. The van der Waals surface area contributed by atoms with E-state index in [2.05, 4.69) is 49.9 Å². The Bertz CT molecular complexity index is 815. The molecule has 7 nitrogen and oxygen atoms in total. The highest BCUT2D eigenvalue weighted by Gasteiger charge is 2.37. The van der Waals surface area contributed by atoms with Crippen LogP contribution in [0.2, 0.25) is 0 Å². The second kappa shape index (κ2) is 10.4. The zero-order chi connectivity index (χ0) is 21.5. The molecule has 4 rings (SSSR count). The summed E-state index contributed by atoms with van der Waals surface area (Å²) in [4.78, 5) is 15.4. The van der Waals surface area contributed by atoms with E-state index in [0.717, 1.165) is 38.4 Å². The molecule has 0 unspecified atom stereocenters. The Hall–Kier alpha value is -2.22. The van der Waals surface area contributed by atoms with Gasteiger partial charge in [0.25, 0.3) is 0 Å². The van der Waals surface area contributed by atoms with Crippen LogP contribution in [0.25, 0.3) is 0 Å². The minimum absolute atomic E-state index is 0.557. The minimum atomic E-state index is -0.753. The standard InChI is InChI=1S/C24H35N5O2/c1-27(19-24(30)9-14-29(20-24)23-25-10-6-11-26-23)18-21-7-5-8-22(17-21)31-16-15-28-12-3-2-4-13-28/h5-8,10-11,17,30H,2-4,9,12-16,18-20H2,1H3/t24-/m1/s1. The Labute approximate surface area is 185 Å². The first-order valence-electron chi connectivity index (χ1n) is 11.5. The van der Waals surface area contributed by atoms with E-state index < -0.39 is 5.60 Å². The first-order chi connectivity index (χ1) is 15.1. The lowest BCUT2D eigenvalue weighted by Crippen LogP contribution is -2.43. The second-order valence-electron chi connectivity index (χ2n) is 9.02. The number of likely N-dealkylation sites (tertiary alicyclic amines) is 1. The molecule has 1 N–H and O–H groups in total. The van der Waals surface area contributed by atoms with Crippen molar-refractivity contribution in [1.29, 1.82) is 0 Å². The molecule has 1 atom stereocenters. The molecule has 0 saturated carbocycles. The number of hydrogen-bond donors (Lipinski definition) is 1. The topological polar surface area (TPSA) is 65.0 Å². The number of aromatic nitrogens is 2. The van der Waals surface area contributed by atoms with Crippen molar-refractivity contribution in [2.45, 2.75) is 37.8 Å². The fourth-order valence-electron chi connectivity index (χ4n) is 4.69. The van der Waals surface area contributed by atoms with Gasteiger partial charge in [-0.15, -0.1) is 0 Å². The van der Waals surface area contributed by atoms with Gasteiger partial charge >= 0.3 is 0 Å². The lowest BCUT2D eigenvalue weighted by molar-refractivity contribution is 0.0279. The van der Waals surface area contributed by atoms with Gasteiger partial charge in [0.1, 0.15) is 12.4 Å². The molecule has 0 spiro atoms. The van der Waals surface area contributed by atoms with Crippen molar-refractivity contribution in [2.24, 2.45) is 0 Å². The number of nitrogens with zero attached hydrogens (tertiary/aromatic N) is 5. The van der Waals surface area contributed by atoms with Crippen LogP contribution in [0.3, 0.4) is 0 Å². The van der Waals surface area contributed by atoms with Gasteiger partial charge < -0.3 is 14.7 Å². The van der Waals surface area contributed by atoms with Crippen LogP contribution >= 0.6 is 0 Å². The van der Waals surface area contributed by atoms with Gasteiger partial charge in [0.15, 0.2) is 0 Å². The Balaban J connectivity index is 1.24. The third kappa shape index (κ3) is 6.38. The number of rotatable bonds is 9. The highest BCUT2D eigenvalue weighted by atomic mass is 16.5. The Morgan fingerprint density at radius 3 is 2.71 bits per heavy atom. The Kier molecular flexibility index (Phi) is 7.37. The third-order valence-corrected chi connectivity index (χ3v) is 6.21. The summed E-state index contributed by atoms with van der Waals surface area (Å²) in [6, 6.07) is 10.1. The van der Waals surface area contributed by atoms with Gasteiger partial charge in [0, 0.05) is 38.6 Å². The number of likely N-dealkylation sites (N-methyl/N-ethyl adjacent to an activating group) is 1. The van der Waals surface area contributed by atoms with Crippen molar-refractivity contribution < 1.29 is 9.84 Å². The fourth-order valence-corrected chi connectivity index (χ4v) is 4.69. The van der Waals surface area contributed by atoms with Crippen molar-refractivity contribution in [2.75, 3.05) is 57.8 Å². The van der Waals surface area contributed by atoms with Crippen LogP contribution in [0.1, 0.15) is 31.2 Å². The van der Waals surface area contributed by atoms with Gasteiger partial charge in [0.05, 0.1) is 12.1 Å². The number of aliphatic hydroxyl groups is 1. The first kappa shape index (κ1) is 22.0. The van der Waals surface area contributed by atoms with E-state index in [1.54, 1.807) is 12.4 Å². The van der Waals surface area contributed by atoms with Crippen molar-refractivity contribution in [3.63, 3.8) is 0 Å². The molecule has 168 valence electrons. The Morgan fingerprint density at radius 2 is 1.90 bits per heavy atom. The number of β-amino-alcohol motifs (C(OH)–C–C–N with tert-alkyl or cyclic N) is 1. The molecular formula is C24H35N5O2.